The smallest absolute Gasteiger partial charge is 0.336 e. The third-order valence-corrected chi connectivity index (χ3v) is 4.64. The Morgan fingerprint density at radius 1 is 1.33 bits per heavy atom. The molecule has 0 atom stereocenters. The van der Waals surface area contributed by atoms with E-state index in [2.05, 4.69) is 15.9 Å². The lowest BCUT2D eigenvalue weighted by atomic mass is 10.2. The summed E-state index contributed by atoms with van der Waals surface area (Å²) in [7, 11) is 0. The van der Waals surface area contributed by atoms with E-state index in [-0.39, 0.29) is 21.2 Å². The van der Waals surface area contributed by atoms with E-state index in [0.717, 1.165) is 11.8 Å². The van der Waals surface area contributed by atoms with E-state index in [1.165, 1.54) is 24.3 Å². The van der Waals surface area contributed by atoms with Crippen molar-refractivity contribution in [2.75, 3.05) is 0 Å². The van der Waals surface area contributed by atoms with Crippen LogP contribution < -0.4 is 0 Å². The number of hydrogen-bond acceptors (Lipinski definition) is 4. The van der Waals surface area contributed by atoms with Crippen molar-refractivity contribution in [2.24, 2.45) is 0 Å². The lowest BCUT2D eigenvalue weighted by molar-refractivity contribution is -0.387. The lowest BCUT2D eigenvalue weighted by Crippen LogP contribution is -1.99. The first-order chi connectivity index (χ1) is 9.90. The van der Waals surface area contributed by atoms with Crippen LogP contribution in [0, 0.1) is 10.1 Å². The van der Waals surface area contributed by atoms with Crippen molar-refractivity contribution in [2.45, 2.75) is 9.79 Å². The molecule has 0 aromatic heterocycles. The summed E-state index contributed by atoms with van der Waals surface area (Å²) in [5.74, 6) is -1.11. The van der Waals surface area contributed by atoms with Gasteiger partial charge in [-0.25, -0.2) is 4.79 Å². The molecule has 2 aromatic carbocycles. The summed E-state index contributed by atoms with van der Waals surface area (Å²) in [6.07, 6.45) is 0. The lowest BCUT2D eigenvalue weighted by Gasteiger charge is -2.08. The molecule has 0 aliphatic rings. The van der Waals surface area contributed by atoms with E-state index >= 15 is 0 Å². The zero-order valence-corrected chi connectivity index (χ0v) is 13.4. The second-order valence-electron chi connectivity index (χ2n) is 3.89. The molecule has 0 spiro atoms. The fourth-order valence-corrected chi connectivity index (χ4v) is 3.49. The van der Waals surface area contributed by atoms with Gasteiger partial charge in [0.15, 0.2) is 0 Å². The summed E-state index contributed by atoms with van der Waals surface area (Å²) < 4.78 is 0.671. The van der Waals surface area contributed by atoms with Gasteiger partial charge in [0.1, 0.15) is 4.90 Å². The molecular weight excluding hydrogens is 382 g/mol. The van der Waals surface area contributed by atoms with E-state index in [1.54, 1.807) is 12.1 Å². The van der Waals surface area contributed by atoms with Gasteiger partial charge in [0.2, 0.25) is 0 Å². The molecule has 0 heterocycles. The molecule has 0 aliphatic heterocycles. The van der Waals surface area contributed by atoms with Crippen molar-refractivity contribution in [3.05, 3.63) is 61.6 Å². The summed E-state index contributed by atoms with van der Waals surface area (Å²) in [5, 5.41) is 20.4. The SMILES string of the molecule is O=C(O)c1ccc(Br)cc1Sc1c(Cl)cccc1[N+](=O)[O-]. The van der Waals surface area contributed by atoms with Gasteiger partial charge < -0.3 is 5.11 Å². The minimum atomic E-state index is -1.11. The third kappa shape index (κ3) is 3.55. The largest absolute Gasteiger partial charge is 0.478 e. The van der Waals surface area contributed by atoms with Crippen molar-refractivity contribution in [1.29, 1.82) is 0 Å². The Morgan fingerprint density at radius 3 is 2.67 bits per heavy atom. The molecule has 0 unspecified atom stereocenters. The van der Waals surface area contributed by atoms with Gasteiger partial charge in [-0.15, -0.1) is 0 Å². The maximum atomic E-state index is 11.2. The topological polar surface area (TPSA) is 80.4 Å². The van der Waals surface area contributed by atoms with Crippen LogP contribution in [0.1, 0.15) is 10.4 Å². The molecule has 2 aromatic rings. The fraction of sp³-hybridized carbons (Fsp3) is 0. The van der Waals surface area contributed by atoms with Crippen LogP contribution >= 0.6 is 39.3 Å². The zero-order valence-electron chi connectivity index (χ0n) is 10.2. The second kappa shape index (κ2) is 6.46. The summed E-state index contributed by atoms with van der Waals surface area (Å²) >= 11 is 10.2. The minimum Gasteiger partial charge on any atom is -0.478 e. The molecule has 0 amide bonds. The van der Waals surface area contributed by atoms with Gasteiger partial charge in [0, 0.05) is 15.4 Å². The third-order valence-electron chi connectivity index (χ3n) is 2.53. The summed E-state index contributed by atoms with van der Waals surface area (Å²) in [6, 6.07) is 8.93. The molecule has 8 heteroatoms. The highest BCUT2D eigenvalue weighted by Crippen LogP contribution is 2.41. The van der Waals surface area contributed by atoms with Crippen LogP contribution in [-0.4, -0.2) is 16.0 Å². The van der Waals surface area contributed by atoms with Crippen LogP contribution in [0.5, 0.6) is 0 Å². The summed E-state index contributed by atoms with van der Waals surface area (Å²) in [6.45, 7) is 0. The Kier molecular flexibility index (Phi) is 4.87. The number of hydrogen-bond donors (Lipinski definition) is 1. The first-order valence-electron chi connectivity index (χ1n) is 5.53. The van der Waals surface area contributed by atoms with E-state index in [0.29, 0.717) is 9.37 Å². The van der Waals surface area contributed by atoms with Gasteiger partial charge in [0.05, 0.1) is 15.5 Å². The number of carboxylic acid groups (broad SMARTS) is 1. The highest BCUT2D eigenvalue weighted by molar-refractivity contribution is 9.10. The zero-order chi connectivity index (χ0) is 15.6. The maximum Gasteiger partial charge on any atom is 0.336 e. The number of aromatic carboxylic acids is 1. The Balaban J connectivity index is 2.55. The first-order valence-corrected chi connectivity index (χ1v) is 7.52. The molecule has 0 saturated heterocycles. The van der Waals surface area contributed by atoms with Gasteiger partial charge in [0.25, 0.3) is 5.69 Å². The van der Waals surface area contributed by atoms with Gasteiger partial charge in [-0.05, 0) is 24.3 Å². The maximum absolute atomic E-state index is 11.2. The van der Waals surface area contributed by atoms with E-state index in [1.807, 2.05) is 0 Å². The summed E-state index contributed by atoms with van der Waals surface area (Å²) in [4.78, 5) is 22.3. The molecule has 0 saturated carbocycles. The quantitative estimate of drug-likeness (QED) is 0.597. The number of halogens is 2. The van der Waals surface area contributed by atoms with Crippen molar-refractivity contribution >= 4 is 50.9 Å². The van der Waals surface area contributed by atoms with Crippen molar-refractivity contribution in [3.8, 4) is 0 Å². The van der Waals surface area contributed by atoms with Crippen molar-refractivity contribution < 1.29 is 14.8 Å². The Morgan fingerprint density at radius 2 is 2.05 bits per heavy atom. The highest BCUT2D eigenvalue weighted by atomic mass is 79.9. The molecule has 21 heavy (non-hydrogen) atoms. The molecule has 5 nitrogen and oxygen atoms in total. The molecule has 108 valence electrons. The van der Waals surface area contributed by atoms with E-state index < -0.39 is 10.9 Å². The Hall–Kier alpha value is -1.57. The Bertz CT molecular complexity index is 738. The average Bonchev–Trinajstić information content (AvgIpc) is 2.40. The van der Waals surface area contributed by atoms with Crippen molar-refractivity contribution in [1.82, 2.24) is 0 Å². The molecule has 0 bridgehead atoms. The molecule has 2 rings (SSSR count). The van der Waals surface area contributed by atoms with Crippen LogP contribution in [-0.2, 0) is 0 Å². The predicted octanol–water partition coefficient (Wildman–Crippen LogP) is 4.86. The second-order valence-corrected chi connectivity index (χ2v) is 6.27. The number of nitrogens with zero attached hydrogens (tertiary/aromatic N) is 1. The fourth-order valence-electron chi connectivity index (χ4n) is 1.61. The normalized spacial score (nSPS) is 10.4. The number of carbonyl (C=O) groups is 1. The molecular formula is C13H7BrClNO4S. The highest BCUT2D eigenvalue weighted by Gasteiger charge is 2.20. The number of nitro benzene ring substituents is 1. The van der Waals surface area contributed by atoms with Crippen LogP contribution in [0.4, 0.5) is 5.69 Å². The standard InChI is InChI=1S/C13H7BrClNO4S/c14-7-4-5-8(13(17)18)11(6-7)21-12-9(15)2-1-3-10(12)16(19)20/h1-6H,(H,17,18). The number of rotatable bonds is 4. The van der Waals surface area contributed by atoms with Gasteiger partial charge >= 0.3 is 5.97 Å². The van der Waals surface area contributed by atoms with Crippen LogP contribution in [0.25, 0.3) is 0 Å². The molecule has 0 fully saturated rings. The molecule has 0 radical (unpaired) electrons. The van der Waals surface area contributed by atoms with Gasteiger partial charge in [-0.2, -0.15) is 0 Å². The molecule has 0 aliphatic carbocycles. The van der Waals surface area contributed by atoms with Crippen LogP contribution in [0.15, 0.2) is 50.7 Å². The first kappa shape index (κ1) is 15.8. The predicted molar refractivity (Wildman–Crippen MR) is 83.3 cm³/mol. The van der Waals surface area contributed by atoms with E-state index in [9.17, 15) is 20.0 Å². The monoisotopic (exact) mass is 387 g/mol. The Labute approximate surface area is 137 Å². The summed E-state index contributed by atoms with van der Waals surface area (Å²) in [5.41, 5.74) is -0.110. The van der Waals surface area contributed by atoms with Crippen molar-refractivity contribution in [3.63, 3.8) is 0 Å². The van der Waals surface area contributed by atoms with Crippen LogP contribution in [0.2, 0.25) is 5.02 Å². The number of benzene rings is 2. The van der Waals surface area contributed by atoms with Crippen LogP contribution in [0.3, 0.4) is 0 Å². The average molecular weight is 389 g/mol. The number of nitro groups is 1. The van der Waals surface area contributed by atoms with E-state index in [4.69, 9.17) is 11.6 Å². The molecule has 1 N–H and O–H groups in total. The van der Waals surface area contributed by atoms with Gasteiger partial charge in [-0.3, -0.25) is 10.1 Å². The minimum absolute atomic E-state index is 0.0532. The van der Waals surface area contributed by atoms with Gasteiger partial charge in [-0.1, -0.05) is 45.4 Å². The number of carboxylic acids is 1.